The highest BCUT2D eigenvalue weighted by molar-refractivity contribution is 5.99. The van der Waals surface area contributed by atoms with Crippen molar-refractivity contribution in [3.63, 3.8) is 0 Å². The third-order valence-electron chi connectivity index (χ3n) is 5.69. The van der Waals surface area contributed by atoms with Gasteiger partial charge in [-0.25, -0.2) is 0 Å². The molecule has 2 atom stereocenters. The van der Waals surface area contributed by atoms with E-state index < -0.39 is 6.10 Å². The van der Waals surface area contributed by atoms with Crippen molar-refractivity contribution in [3.05, 3.63) is 59.2 Å². The molecule has 1 aliphatic heterocycles. The number of aryl methyl sites for hydroxylation is 2. The van der Waals surface area contributed by atoms with Crippen molar-refractivity contribution in [3.8, 4) is 5.75 Å². The van der Waals surface area contributed by atoms with Gasteiger partial charge in [0.15, 0.2) is 6.10 Å². The minimum absolute atomic E-state index is 0.0719. The first-order chi connectivity index (χ1) is 12.7. The van der Waals surface area contributed by atoms with Gasteiger partial charge in [0.25, 0.3) is 5.91 Å². The Morgan fingerprint density at radius 3 is 2.69 bits per heavy atom. The molecule has 26 heavy (non-hydrogen) atoms. The van der Waals surface area contributed by atoms with Gasteiger partial charge in [-0.05, 0) is 80.3 Å². The number of fused-ring (bicyclic) bond motifs is 2. The number of para-hydroxylation sites is 1. The Bertz CT molecular complexity index is 814. The second-order valence-electron chi connectivity index (χ2n) is 7.54. The van der Waals surface area contributed by atoms with Gasteiger partial charge >= 0.3 is 0 Å². The number of hydrogen-bond donors (Lipinski definition) is 0. The smallest absolute Gasteiger partial charge is 0.268 e. The van der Waals surface area contributed by atoms with Crippen LogP contribution in [0.3, 0.4) is 0 Å². The van der Waals surface area contributed by atoms with E-state index in [1.807, 2.05) is 36.1 Å². The molecule has 0 fully saturated rings. The summed E-state index contributed by atoms with van der Waals surface area (Å²) >= 11 is 0. The average molecular weight is 349 g/mol. The predicted octanol–water partition coefficient (Wildman–Crippen LogP) is 4.70. The predicted molar refractivity (Wildman–Crippen MR) is 105 cm³/mol. The highest BCUT2D eigenvalue weighted by atomic mass is 16.5. The van der Waals surface area contributed by atoms with Crippen LogP contribution >= 0.6 is 0 Å². The maximum absolute atomic E-state index is 13.2. The largest absolute Gasteiger partial charge is 0.481 e. The molecule has 0 aromatic heterocycles. The van der Waals surface area contributed by atoms with E-state index in [1.54, 1.807) is 0 Å². The highest BCUT2D eigenvalue weighted by Gasteiger charge is 2.35. The van der Waals surface area contributed by atoms with Gasteiger partial charge in [0.1, 0.15) is 5.75 Å². The number of benzene rings is 2. The first-order valence-corrected chi connectivity index (χ1v) is 9.87. The number of amides is 1. The molecule has 1 amide bonds. The van der Waals surface area contributed by atoms with Crippen LogP contribution < -0.4 is 9.64 Å². The molecule has 2 aliphatic rings. The third-order valence-corrected chi connectivity index (χ3v) is 5.69. The van der Waals surface area contributed by atoms with Crippen LogP contribution in [0, 0.1) is 0 Å². The minimum atomic E-state index is -0.440. The molecule has 3 heteroatoms. The molecule has 1 aliphatic carbocycles. The zero-order valence-electron chi connectivity index (χ0n) is 15.7. The van der Waals surface area contributed by atoms with E-state index in [0.29, 0.717) is 6.42 Å². The van der Waals surface area contributed by atoms with Crippen molar-refractivity contribution in [1.29, 1.82) is 0 Å². The van der Waals surface area contributed by atoms with Gasteiger partial charge in [-0.15, -0.1) is 0 Å². The Morgan fingerprint density at radius 1 is 1.12 bits per heavy atom. The molecular formula is C23H27NO2. The Labute approximate surface area is 156 Å². The molecule has 4 rings (SSSR count). The lowest BCUT2D eigenvalue weighted by Gasteiger charge is -2.28. The number of anilines is 1. The van der Waals surface area contributed by atoms with Crippen LogP contribution in [0.1, 0.15) is 49.8 Å². The first-order valence-electron chi connectivity index (χ1n) is 9.87. The summed E-state index contributed by atoms with van der Waals surface area (Å²) in [5.41, 5.74) is 5.11. The number of hydrogen-bond acceptors (Lipinski definition) is 2. The number of nitrogens with zero attached hydrogens (tertiary/aromatic N) is 1. The molecule has 0 unspecified atom stereocenters. The fourth-order valence-electron chi connectivity index (χ4n) is 4.31. The molecule has 0 N–H and O–H groups in total. The molecule has 0 bridgehead atoms. The second kappa shape index (κ2) is 7.14. The second-order valence-corrected chi connectivity index (χ2v) is 7.54. The van der Waals surface area contributed by atoms with E-state index in [2.05, 4.69) is 25.1 Å². The average Bonchev–Trinajstić information content (AvgIpc) is 3.01. The highest BCUT2D eigenvalue weighted by Crippen LogP contribution is 2.33. The maximum atomic E-state index is 13.2. The molecule has 2 aromatic rings. The van der Waals surface area contributed by atoms with Crippen LogP contribution in [0.2, 0.25) is 0 Å². The van der Waals surface area contributed by atoms with Gasteiger partial charge in [-0.3, -0.25) is 4.79 Å². The molecule has 3 nitrogen and oxygen atoms in total. The molecule has 0 spiro atoms. The zero-order valence-corrected chi connectivity index (χ0v) is 15.7. The number of rotatable bonds is 4. The van der Waals surface area contributed by atoms with Crippen LogP contribution in [0.5, 0.6) is 5.75 Å². The molecular weight excluding hydrogens is 322 g/mol. The quantitative estimate of drug-likeness (QED) is 0.801. The van der Waals surface area contributed by atoms with Crippen molar-refractivity contribution in [2.75, 3.05) is 4.90 Å². The van der Waals surface area contributed by atoms with Crippen LogP contribution in [-0.2, 0) is 24.1 Å². The third kappa shape index (κ3) is 3.11. The van der Waals surface area contributed by atoms with Gasteiger partial charge in [0.2, 0.25) is 0 Å². The lowest BCUT2D eigenvalue weighted by atomic mass is 9.92. The fraction of sp³-hybridized carbons (Fsp3) is 0.435. The fourth-order valence-corrected chi connectivity index (χ4v) is 4.31. The van der Waals surface area contributed by atoms with Crippen LogP contribution in [0.4, 0.5) is 5.69 Å². The summed E-state index contributed by atoms with van der Waals surface area (Å²) in [5.74, 6) is 0.897. The standard InChI is InChI=1S/C23H27NO2/c1-3-22(26-20-13-12-17-8-4-5-9-18(17)15-20)23(25)24-16(2)14-19-10-6-7-11-21(19)24/h6-7,10-13,15-16,22H,3-5,8-9,14H2,1-2H3/t16-,22+/m1/s1. The summed E-state index contributed by atoms with van der Waals surface area (Å²) in [6.07, 6.45) is 5.94. The molecule has 136 valence electrons. The van der Waals surface area contributed by atoms with Crippen molar-refractivity contribution in [1.82, 2.24) is 0 Å². The Kier molecular flexibility index (Phi) is 4.71. The van der Waals surface area contributed by atoms with Crippen LogP contribution in [0.15, 0.2) is 42.5 Å². The molecule has 2 aromatic carbocycles. The number of carbonyl (C=O) groups excluding carboxylic acids is 1. The molecule has 0 saturated carbocycles. The van der Waals surface area contributed by atoms with E-state index >= 15 is 0 Å². The summed E-state index contributed by atoms with van der Waals surface area (Å²) in [6.45, 7) is 4.14. The van der Waals surface area contributed by atoms with Crippen molar-refractivity contribution >= 4 is 11.6 Å². The van der Waals surface area contributed by atoms with Crippen molar-refractivity contribution in [2.45, 2.75) is 64.5 Å². The van der Waals surface area contributed by atoms with E-state index in [0.717, 1.165) is 30.7 Å². The van der Waals surface area contributed by atoms with E-state index in [9.17, 15) is 4.79 Å². The zero-order chi connectivity index (χ0) is 18.1. The van der Waals surface area contributed by atoms with Gasteiger partial charge in [-0.1, -0.05) is 31.2 Å². The van der Waals surface area contributed by atoms with Gasteiger partial charge in [0.05, 0.1) is 0 Å². The van der Waals surface area contributed by atoms with Gasteiger partial charge in [0, 0.05) is 11.7 Å². The summed E-state index contributed by atoms with van der Waals surface area (Å²) in [6, 6.07) is 14.7. The summed E-state index contributed by atoms with van der Waals surface area (Å²) in [7, 11) is 0. The summed E-state index contributed by atoms with van der Waals surface area (Å²) in [5, 5.41) is 0. The minimum Gasteiger partial charge on any atom is -0.481 e. The lowest BCUT2D eigenvalue weighted by Crippen LogP contribution is -2.44. The number of carbonyl (C=O) groups is 1. The lowest BCUT2D eigenvalue weighted by molar-refractivity contribution is -0.125. The Balaban J connectivity index is 1.55. The molecule has 0 saturated heterocycles. The normalized spacial score (nSPS) is 19.6. The summed E-state index contributed by atoms with van der Waals surface area (Å²) in [4.78, 5) is 15.2. The maximum Gasteiger partial charge on any atom is 0.268 e. The molecule has 0 radical (unpaired) electrons. The Hall–Kier alpha value is -2.29. The number of ether oxygens (including phenoxy) is 1. The van der Waals surface area contributed by atoms with Crippen LogP contribution in [0.25, 0.3) is 0 Å². The van der Waals surface area contributed by atoms with Crippen molar-refractivity contribution < 1.29 is 9.53 Å². The van der Waals surface area contributed by atoms with Gasteiger partial charge in [-0.2, -0.15) is 0 Å². The monoisotopic (exact) mass is 349 g/mol. The van der Waals surface area contributed by atoms with Crippen molar-refractivity contribution in [2.24, 2.45) is 0 Å². The van der Waals surface area contributed by atoms with E-state index in [4.69, 9.17) is 4.74 Å². The van der Waals surface area contributed by atoms with E-state index in [1.165, 1.54) is 29.5 Å². The summed E-state index contributed by atoms with van der Waals surface area (Å²) < 4.78 is 6.18. The van der Waals surface area contributed by atoms with E-state index in [-0.39, 0.29) is 11.9 Å². The van der Waals surface area contributed by atoms with Gasteiger partial charge < -0.3 is 9.64 Å². The Morgan fingerprint density at radius 2 is 1.88 bits per heavy atom. The first kappa shape index (κ1) is 17.1. The van der Waals surface area contributed by atoms with Crippen LogP contribution in [-0.4, -0.2) is 18.1 Å². The molecule has 1 heterocycles. The SMILES string of the molecule is CC[C@H](Oc1ccc2c(c1)CCCC2)C(=O)N1c2ccccc2C[C@H]1C. The topological polar surface area (TPSA) is 29.5 Å².